The fraction of sp³-hybridized carbons (Fsp3) is 0.348. The van der Waals surface area contributed by atoms with E-state index in [0.717, 1.165) is 38.3 Å². The molecule has 0 radical (unpaired) electrons. The Labute approximate surface area is 165 Å². The van der Waals surface area contributed by atoms with Gasteiger partial charge in [-0.2, -0.15) is 5.10 Å². The van der Waals surface area contributed by atoms with Crippen molar-refractivity contribution >= 4 is 0 Å². The quantitative estimate of drug-likeness (QED) is 0.693. The number of hydrogen-bond donors (Lipinski definition) is 2. The maximum Gasteiger partial charge on any atom is 0.121 e. The van der Waals surface area contributed by atoms with Gasteiger partial charge < -0.3 is 10.2 Å². The molecule has 2 aromatic carbocycles. The normalized spacial score (nSPS) is 16.0. The lowest BCUT2D eigenvalue weighted by atomic mass is 9.90. The van der Waals surface area contributed by atoms with Gasteiger partial charge in [-0.05, 0) is 23.6 Å². The van der Waals surface area contributed by atoms with Crippen molar-refractivity contribution in [3.8, 4) is 0 Å². The molecule has 146 valence electrons. The van der Waals surface area contributed by atoms with Crippen LogP contribution in [0.4, 0.5) is 0 Å². The zero-order chi connectivity index (χ0) is 19.3. The van der Waals surface area contributed by atoms with Crippen LogP contribution in [0.5, 0.6) is 0 Å². The van der Waals surface area contributed by atoms with Gasteiger partial charge in [0.2, 0.25) is 0 Å². The molecule has 0 saturated heterocycles. The Morgan fingerprint density at radius 1 is 0.929 bits per heavy atom. The third-order valence-electron chi connectivity index (χ3n) is 5.47. The van der Waals surface area contributed by atoms with Crippen LogP contribution in [-0.4, -0.2) is 44.6 Å². The lowest BCUT2D eigenvalue weighted by Gasteiger charge is -2.27. The first-order valence-corrected chi connectivity index (χ1v) is 9.92. The molecule has 0 bridgehead atoms. The van der Waals surface area contributed by atoms with Crippen molar-refractivity contribution in [2.45, 2.75) is 31.5 Å². The molecule has 2 N–H and O–H groups in total. The highest BCUT2D eigenvalue weighted by Crippen LogP contribution is 2.27. The molecule has 5 nitrogen and oxygen atoms in total. The molecule has 5 heteroatoms. The van der Waals surface area contributed by atoms with Gasteiger partial charge in [0, 0.05) is 32.1 Å². The Bertz CT molecular complexity index is 840. The molecule has 1 atom stereocenters. The number of fused-ring (bicyclic) bond motifs is 1. The molecule has 1 unspecified atom stereocenters. The van der Waals surface area contributed by atoms with Crippen molar-refractivity contribution < 1.29 is 10.2 Å². The van der Waals surface area contributed by atoms with E-state index in [2.05, 4.69) is 70.7 Å². The summed E-state index contributed by atoms with van der Waals surface area (Å²) in [6.07, 6.45) is 0.105. The first-order chi connectivity index (χ1) is 13.7. The van der Waals surface area contributed by atoms with E-state index in [1.54, 1.807) is 0 Å². The van der Waals surface area contributed by atoms with Crippen LogP contribution in [0.2, 0.25) is 0 Å². The van der Waals surface area contributed by atoms with Crippen LogP contribution >= 0.6 is 0 Å². The molecule has 1 aliphatic rings. The van der Waals surface area contributed by atoms with Crippen LogP contribution < -0.4 is 0 Å². The molecule has 0 amide bonds. The minimum Gasteiger partial charge on any atom is -0.393 e. The Balaban J connectivity index is 1.58. The van der Waals surface area contributed by atoms with Crippen molar-refractivity contribution in [2.24, 2.45) is 0 Å². The van der Waals surface area contributed by atoms with E-state index in [4.69, 9.17) is 0 Å². The fourth-order valence-corrected chi connectivity index (χ4v) is 4.00. The molecular weight excluding hydrogens is 350 g/mol. The molecule has 28 heavy (non-hydrogen) atoms. The van der Waals surface area contributed by atoms with E-state index in [0.29, 0.717) is 11.6 Å². The van der Waals surface area contributed by atoms with Gasteiger partial charge >= 0.3 is 0 Å². The summed E-state index contributed by atoms with van der Waals surface area (Å²) < 4.78 is 1.98. The van der Waals surface area contributed by atoms with Crippen LogP contribution in [0.25, 0.3) is 0 Å². The van der Waals surface area contributed by atoms with Gasteiger partial charge in [-0.1, -0.05) is 60.7 Å². The standard InChI is InChI=1S/C23H27N3O2/c27-17-23(28)22-14-20-15-25(12-7-13-26(20)24-22)16-21(18-8-3-1-4-9-18)19-10-5-2-6-11-19/h1-6,8-11,14,21,23,27-28H,7,12-13,15-17H2. The molecule has 0 saturated carbocycles. The summed E-state index contributed by atoms with van der Waals surface area (Å²) in [6, 6.07) is 23.3. The number of nitrogens with zero attached hydrogens (tertiary/aromatic N) is 3. The minimum absolute atomic E-state index is 0.301. The van der Waals surface area contributed by atoms with E-state index in [-0.39, 0.29) is 6.61 Å². The summed E-state index contributed by atoms with van der Waals surface area (Å²) in [4.78, 5) is 2.47. The Kier molecular flexibility index (Phi) is 5.86. The number of aromatic nitrogens is 2. The third kappa shape index (κ3) is 4.17. The predicted octanol–water partition coefficient (Wildman–Crippen LogP) is 2.95. The SMILES string of the molecule is OCC(O)c1cc2n(n1)CCCN(CC(c1ccccc1)c1ccccc1)C2. The maximum absolute atomic E-state index is 9.92. The number of aryl methyl sites for hydroxylation is 1. The second kappa shape index (κ2) is 8.69. The van der Waals surface area contributed by atoms with Crippen molar-refractivity contribution in [1.82, 2.24) is 14.7 Å². The van der Waals surface area contributed by atoms with Gasteiger partial charge in [-0.15, -0.1) is 0 Å². The zero-order valence-corrected chi connectivity index (χ0v) is 16.0. The van der Waals surface area contributed by atoms with Crippen molar-refractivity contribution in [3.05, 3.63) is 89.2 Å². The molecule has 0 aliphatic carbocycles. The first kappa shape index (κ1) is 18.9. The van der Waals surface area contributed by atoms with Crippen molar-refractivity contribution in [2.75, 3.05) is 19.7 Å². The van der Waals surface area contributed by atoms with Crippen molar-refractivity contribution in [1.29, 1.82) is 0 Å². The zero-order valence-electron chi connectivity index (χ0n) is 16.0. The van der Waals surface area contributed by atoms with Gasteiger partial charge in [0.15, 0.2) is 0 Å². The molecular formula is C23H27N3O2. The highest BCUT2D eigenvalue weighted by atomic mass is 16.3. The van der Waals surface area contributed by atoms with Gasteiger partial charge in [0.1, 0.15) is 6.10 Å². The topological polar surface area (TPSA) is 61.5 Å². The van der Waals surface area contributed by atoms with E-state index in [1.165, 1.54) is 11.1 Å². The second-order valence-corrected chi connectivity index (χ2v) is 7.44. The molecule has 1 aliphatic heterocycles. The van der Waals surface area contributed by atoms with Crippen LogP contribution in [-0.2, 0) is 13.1 Å². The largest absolute Gasteiger partial charge is 0.393 e. The average molecular weight is 377 g/mol. The number of rotatable bonds is 6. The Morgan fingerprint density at radius 2 is 1.57 bits per heavy atom. The fourth-order valence-electron chi connectivity index (χ4n) is 4.00. The van der Waals surface area contributed by atoms with Crippen LogP contribution in [0.15, 0.2) is 66.7 Å². The summed E-state index contributed by atoms with van der Waals surface area (Å²) in [7, 11) is 0. The summed E-state index contributed by atoms with van der Waals surface area (Å²) in [5.74, 6) is 0.305. The van der Waals surface area contributed by atoms with Crippen molar-refractivity contribution in [3.63, 3.8) is 0 Å². The van der Waals surface area contributed by atoms with Gasteiger partial charge in [-0.3, -0.25) is 9.58 Å². The monoisotopic (exact) mass is 377 g/mol. The molecule has 4 rings (SSSR count). The van der Waals surface area contributed by atoms with E-state index in [1.807, 2.05) is 10.7 Å². The van der Waals surface area contributed by atoms with Crippen LogP contribution in [0.3, 0.4) is 0 Å². The lowest BCUT2D eigenvalue weighted by molar-refractivity contribution is 0.0916. The highest BCUT2D eigenvalue weighted by Gasteiger charge is 2.23. The second-order valence-electron chi connectivity index (χ2n) is 7.44. The molecule has 2 heterocycles. The van der Waals surface area contributed by atoms with E-state index >= 15 is 0 Å². The van der Waals surface area contributed by atoms with Gasteiger partial charge in [-0.25, -0.2) is 0 Å². The third-order valence-corrected chi connectivity index (χ3v) is 5.47. The lowest BCUT2D eigenvalue weighted by Crippen LogP contribution is -2.29. The van der Waals surface area contributed by atoms with Gasteiger partial charge in [0.05, 0.1) is 18.0 Å². The number of hydrogen-bond acceptors (Lipinski definition) is 4. The summed E-state index contributed by atoms with van der Waals surface area (Å²) in [5, 5.41) is 23.6. The number of benzene rings is 2. The van der Waals surface area contributed by atoms with Gasteiger partial charge in [0.25, 0.3) is 0 Å². The minimum atomic E-state index is -0.908. The average Bonchev–Trinajstić information content (AvgIpc) is 3.05. The van der Waals surface area contributed by atoms with Crippen LogP contribution in [0.1, 0.15) is 41.0 Å². The Morgan fingerprint density at radius 3 is 2.18 bits per heavy atom. The summed E-state index contributed by atoms with van der Waals surface area (Å²) in [5.41, 5.74) is 4.30. The molecule has 3 aromatic rings. The predicted molar refractivity (Wildman–Crippen MR) is 109 cm³/mol. The highest BCUT2D eigenvalue weighted by molar-refractivity contribution is 5.33. The molecule has 0 fully saturated rings. The smallest absolute Gasteiger partial charge is 0.121 e. The molecule has 0 spiro atoms. The molecule has 1 aromatic heterocycles. The number of aliphatic hydroxyl groups excluding tert-OH is 2. The number of aliphatic hydroxyl groups is 2. The van der Waals surface area contributed by atoms with E-state index in [9.17, 15) is 10.2 Å². The first-order valence-electron chi connectivity index (χ1n) is 9.92. The van der Waals surface area contributed by atoms with Crippen LogP contribution in [0, 0.1) is 0 Å². The van der Waals surface area contributed by atoms with E-state index < -0.39 is 6.10 Å². The summed E-state index contributed by atoms with van der Waals surface area (Å²) >= 11 is 0. The maximum atomic E-state index is 9.92. The Hall–Kier alpha value is -2.47. The summed E-state index contributed by atoms with van der Waals surface area (Å²) in [6.45, 7) is 3.27.